The molecule has 1 aliphatic rings. The van der Waals surface area contributed by atoms with Crippen LogP contribution in [0, 0.1) is 0 Å². The van der Waals surface area contributed by atoms with Gasteiger partial charge >= 0.3 is 0 Å². The molecule has 0 atom stereocenters. The van der Waals surface area contributed by atoms with Gasteiger partial charge in [-0.15, -0.1) is 0 Å². The van der Waals surface area contributed by atoms with Crippen LogP contribution >= 0.6 is 11.6 Å². The molecule has 0 saturated heterocycles. The van der Waals surface area contributed by atoms with Crippen LogP contribution in [0.5, 0.6) is 0 Å². The fourth-order valence-electron chi connectivity index (χ4n) is 4.57. The molecule has 31 heavy (non-hydrogen) atoms. The minimum atomic E-state index is -0.0969. The van der Waals surface area contributed by atoms with Crippen molar-refractivity contribution >= 4 is 22.6 Å². The first kappa shape index (κ1) is 18.2. The molecular weight excluding hydrogens is 406 g/mol. The number of hydrogen-bond acceptors (Lipinski definition) is 2. The standard InChI is InChI=1S/C26H18ClN3O/c27-18-13-10-17(11-14-18)22-21-15-12-16-6-4-5-9-20(16)24(21)28-25-23(22)26(31)30(29-25)19-7-2-1-3-8-19/h1-11,13-14H,12,15H2,(H,28,29). The summed E-state index contributed by atoms with van der Waals surface area (Å²) < 4.78 is 1.58. The van der Waals surface area contributed by atoms with Crippen molar-refractivity contribution in [1.82, 2.24) is 14.8 Å². The van der Waals surface area contributed by atoms with Crippen LogP contribution in [0.3, 0.4) is 0 Å². The second kappa shape index (κ2) is 6.96. The molecule has 4 nitrogen and oxygen atoms in total. The summed E-state index contributed by atoms with van der Waals surface area (Å²) in [6.07, 6.45) is 1.76. The molecule has 1 N–H and O–H groups in total. The number of hydrogen-bond donors (Lipinski definition) is 1. The zero-order chi connectivity index (χ0) is 20.9. The van der Waals surface area contributed by atoms with Gasteiger partial charge in [-0.1, -0.05) is 66.2 Å². The molecule has 0 amide bonds. The lowest BCUT2D eigenvalue weighted by atomic mass is 9.84. The predicted octanol–water partition coefficient (Wildman–Crippen LogP) is 5.80. The Kier molecular flexibility index (Phi) is 4.08. The third-order valence-electron chi connectivity index (χ3n) is 6.00. The fourth-order valence-corrected chi connectivity index (χ4v) is 4.70. The number of rotatable bonds is 2. The Morgan fingerprint density at radius 1 is 0.871 bits per heavy atom. The Hall–Kier alpha value is -3.63. The van der Waals surface area contributed by atoms with Gasteiger partial charge in [0, 0.05) is 16.1 Å². The summed E-state index contributed by atoms with van der Waals surface area (Å²) in [5.74, 6) is 0. The number of benzene rings is 3. The summed E-state index contributed by atoms with van der Waals surface area (Å²) in [6.45, 7) is 0. The van der Waals surface area contributed by atoms with Crippen LogP contribution in [-0.4, -0.2) is 14.8 Å². The normalized spacial score (nSPS) is 12.5. The van der Waals surface area contributed by atoms with E-state index in [0.717, 1.165) is 46.5 Å². The van der Waals surface area contributed by atoms with E-state index < -0.39 is 0 Å². The third kappa shape index (κ3) is 2.83. The zero-order valence-corrected chi connectivity index (χ0v) is 17.4. The van der Waals surface area contributed by atoms with Crippen LogP contribution in [0.25, 0.3) is 39.1 Å². The Morgan fingerprint density at radius 2 is 1.61 bits per heavy atom. The lowest BCUT2D eigenvalue weighted by molar-refractivity contribution is 0.858. The van der Waals surface area contributed by atoms with Gasteiger partial charge in [0.2, 0.25) is 0 Å². The summed E-state index contributed by atoms with van der Waals surface area (Å²) in [7, 11) is 0. The number of aromatic amines is 1. The number of fused-ring (bicyclic) bond motifs is 4. The molecule has 150 valence electrons. The first-order valence-corrected chi connectivity index (χ1v) is 10.7. The van der Waals surface area contributed by atoms with Gasteiger partial charge in [-0.25, -0.2) is 9.67 Å². The second-order valence-electron chi connectivity index (χ2n) is 7.79. The maximum atomic E-state index is 13.6. The Balaban J connectivity index is 1.74. The van der Waals surface area contributed by atoms with E-state index in [-0.39, 0.29) is 5.56 Å². The summed E-state index contributed by atoms with van der Waals surface area (Å²) in [5, 5.41) is 4.54. The molecule has 1 aliphatic carbocycles. The highest BCUT2D eigenvalue weighted by atomic mass is 35.5. The number of aryl methyl sites for hydroxylation is 1. The molecule has 6 rings (SSSR count). The Morgan fingerprint density at radius 3 is 2.42 bits per heavy atom. The zero-order valence-electron chi connectivity index (χ0n) is 16.6. The van der Waals surface area contributed by atoms with Crippen molar-refractivity contribution in [3.8, 4) is 28.1 Å². The quantitative estimate of drug-likeness (QED) is 0.390. The van der Waals surface area contributed by atoms with E-state index in [2.05, 4.69) is 23.3 Å². The predicted molar refractivity (Wildman–Crippen MR) is 125 cm³/mol. The number of pyridine rings is 1. The molecule has 0 bridgehead atoms. The van der Waals surface area contributed by atoms with Crippen molar-refractivity contribution in [3.63, 3.8) is 0 Å². The molecule has 0 radical (unpaired) electrons. The van der Waals surface area contributed by atoms with Crippen LogP contribution < -0.4 is 5.56 Å². The third-order valence-corrected chi connectivity index (χ3v) is 6.25. The first-order valence-electron chi connectivity index (χ1n) is 10.3. The summed E-state index contributed by atoms with van der Waals surface area (Å²) in [5.41, 5.74) is 7.68. The van der Waals surface area contributed by atoms with E-state index in [9.17, 15) is 4.79 Å². The first-order chi connectivity index (χ1) is 15.2. The maximum absolute atomic E-state index is 13.6. The number of H-pyrrole nitrogens is 1. The van der Waals surface area contributed by atoms with E-state index in [4.69, 9.17) is 16.6 Å². The van der Waals surface area contributed by atoms with E-state index >= 15 is 0 Å². The van der Waals surface area contributed by atoms with Gasteiger partial charge in [0.1, 0.15) is 0 Å². The van der Waals surface area contributed by atoms with E-state index in [1.165, 1.54) is 5.56 Å². The van der Waals surface area contributed by atoms with Gasteiger partial charge in [-0.05, 0) is 53.8 Å². The molecule has 2 heterocycles. The summed E-state index contributed by atoms with van der Waals surface area (Å²) >= 11 is 6.16. The highest BCUT2D eigenvalue weighted by molar-refractivity contribution is 6.30. The van der Waals surface area contributed by atoms with E-state index in [1.807, 2.05) is 60.7 Å². The minimum Gasteiger partial charge on any atom is -0.274 e. The fraction of sp³-hybridized carbons (Fsp3) is 0.0769. The van der Waals surface area contributed by atoms with Crippen molar-refractivity contribution in [2.45, 2.75) is 12.8 Å². The van der Waals surface area contributed by atoms with Crippen molar-refractivity contribution < 1.29 is 0 Å². The number of nitrogens with zero attached hydrogens (tertiary/aromatic N) is 2. The molecule has 2 aromatic heterocycles. The van der Waals surface area contributed by atoms with Gasteiger partial charge in [0.05, 0.1) is 16.8 Å². The number of nitrogens with one attached hydrogen (secondary N) is 1. The summed E-state index contributed by atoms with van der Waals surface area (Å²) in [6, 6.07) is 25.7. The van der Waals surface area contributed by atoms with Gasteiger partial charge in [-0.2, -0.15) is 0 Å². The highest BCUT2D eigenvalue weighted by Crippen LogP contribution is 2.40. The molecule has 3 aromatic carbocycles. The smallest absolute Gasteiger partial charge is 0.274 e. The lowest BCUT2D eigenvalue weighted by Crippen LogP contribution is -2.15. The maximum Gasteiger partial charge on any atom is 0.281 e. The number of para-hydroxylation sites is 1. The SMILES string of the molecule is O=c1c2c(-c3ccc(Cl)cc3)c3c(nc2[nH]n1-c1ccccc1)-c1ccccc1CC3. The average Bonchev–Trinajstić information content (AvgIpc) is 3.15. The van der Waals surface area contributed by atoms with E-state index in [1.54, 1.807) is 4.68 Å². The van der Waals surface area contributed by atoms with Crippen molar-refractivity contribution in [3.05, 3.63) is 105 Å². The molecule has 5 heteroatoms. The average molecular weight is 424 g/mol. The van der Waals surface area contributed by atoms with Crippen LogP contribution in [0.4, 0.5) is 0 Å². The molecule has 0 unspecified atom stereocenters. The minimum absolute atomic E-state index is 0.0969. The molecule has 5 aromatic rings. The molecule has 0 aliphatic heterocycles. The van der Waals surface area contributed by atoms with Gasteiger partial charge in [-0.3, -0.25) is 9.89 Å². The summed E-state index contributed by atoms with van der Waals surface area (Å²) in [4.78, 5) is 18.6. The Labute approximate surface area is 183 Å². The second-order valence-corrected chi connectivity index (χ2v) is 8.23. The van der Waals surface area contributed by atoms with Crippen LogP contribution in [-0.2, 0) is 12.8 Å². The largest absolute Gasteiger partial charge is 0.281 e. The van der Waals surface area contributed by atoms with Gasteiger partial charge < -0.3 is 0 Å². The molecular formula is C26H18ClN3O. The Bertz CT molecular complexity index is 1500. The number of aromatic nitrogens is 3. The molecule has 0 fully saturated rings. The van der Waals surface area contributed by atoms with E-state index in [0.29, 0.717) is 16.1 Å². The molecule has 0 spiro atoms. The van der Waals surface area contributed by atoms with Crippen molar-refractivity contribution in [2.75, 3.05) is 0 Å². The molecule has 0 saturated carbocycles. The topological polar surface area (TPSA) is 50.7 Å². The van der Waals surface area contributed by atoms with Crippen molar-refractivity contribution in [2.24, 2.45) is 0 Å². The monoisotopic (exact) mass is 423 g/mol. The van der Waals surface area contributed by atoms with Crippen molar-refractivity contribution in [1.29, 1.82) is 0 Å². The van der Waals surface area contributed by atoms with Gasteiger partial charge in [0.15, 0.2) is 5.65 Å². The van der Waals surface area contributed by atoms with Crippen LogP contribution in [0.15, 0.2) is 83.7 Å². The lowest BCUT2D eigenvalue weighted by Gasteiger charge is -2.22. The van der Waals surface area contributed by atoms with Gasteiger partial charge in [0.25, 0.3) is 5.56 Å². The van der Waals surface area contributed by atoms with Crippen LogP contribution in [0.1, 0.15) is 11.1 Å². The highest BCUT2D eigenvalue weighted by Gasteiger charge is 2.26. The van der Waals surface area contributed by atoms with Crippen LogP contribution in [0.2, 0.25) is 5.02 Å². The number of halogens is 1.